The first-order valence-electron chi connectivity index (χ1n) is 6.17. The highest BCUT2D eigenvalue weighted by atomic mass is 16.5. The number of carbonyl (C=O) groups excluding carboxylic acids is 2. The third-order valence-corrected chi connectivity index (χ3v) is 2.52. The molecule has 1 aromatic rings. The van der Waals surface area contributed by atoms with Crippen molar-refractivity contribution in [1.29, 1.82) is 0 Å². The predicted molar refractivity (Wildman–Crippen MR) is 69.3 cm³/mol. The molecule has 0 aliphatic heterocycles. The zero-order chi connectivity index (χ0) is 14.3. The van der Waals surface area contributed by atoms with E-state index < -0.39 is 12.1 Å². The van der Waals surface area contributed by atoms with Crippen molar-refractivity contribution in [3.8, 4) is 0 Å². The Labute approximate surface area is 112 Å². The number of amides is 2. The van der Waals surface area contributed by atoms with Gasteiger partial charge in [0.25, 0.3) is 0 Å². The van der Waals surface area contributed by atoms with Crippen molar-refractivity contribution in [3.63, 3.8) is 0 Å². The first-order chi connectivity index (χ1) is 9.02. The molecule has 1 atom stereocenters. The van der Waals surface area contributed by atoms with Gasteiger partial charge in [-0.05, 0) is 24.5 Å². The molecule has 6 heteroatoms. The van der Waals surface area contributed by atoms with Gasteiger partial charge in [0.1, 0.15) is 11.8 Å². The highest BCUT2D eigenvalue weighted by molar-refractivity contribution is 5.85. The predicted octanol–water partition coefficient (Wildman–Crippen LogP) is 1.67. The first-order valence-corrected chi connectivity index (χ1v) is 6.17. The van der Waals surface area contributed by atoms with Gasteiger partial charge in [-0.1, -0.05) is 13.8 Å². The number of carbonyl (C=O) groups is 2. The van der Waals surface area contributed by atoms with Gasteiger partial charge in [0.05, 0.1) is 19.9 Å². The van der Waals surface area contributed by atoms with Gasteiger partial charge < -0.3 is 19.8 Å². The standard InChI is InChI=1S/C13H20N2O4/c1-9(2)7-11(15-13(17)18-3)12(16)14-8-10-5-4-6-19-10/h4-6,9,11H,7-8H2,1-3H3,(H,14,16)(H,15,17)/t11-/m0/s1. The Balaban J connectivity index is 2.52. The zero-order valence-electron chi connectivity index (χ0n) is 11.4. The normalized spacial score (nSPS) is 12.0. The van der Waals surface area contributed by atoms with Crippen LogP contribution in [-0.2, 0) is 16.1 Å². The third kappa shape index (κ3) is 5.46. The average molecular weight is 268 g/mol. The lowest BCUT2D eigenvalue weighted by atomic mass is 10.0. The second-order valence-electron chi connectivity index (χ2n) is 4.62. The van der Waals surface area contributed by atoms with Crippen LogP contribution in [0.5, 0.6) is 0 Å². The smallest absolute Gasteiger partial charge is 0.407 e. The number of hydrogen-bond acceptors (Lipinski definition) is 4. The van der Waals surface area contributed by atoms with Crippen molar-refractivity contribution in [3.05, 3.63) is 24.2 Å². The summed E-state index contributed by atoms with van der Waals surface area (Å²) in [6, 6.07) is 2.91. The van der Waals surface area contributed by atoms with E-state index in [2.05, 4.69) is 15.4 Å². The Hall–Kier alpha value is -1.98. The molecule has 2 N–H and O–H groups in total. The van der Waals surface area contributed by atoms with Gasteiger partial charge in [0, 0.05) is 0 Å². The maximum Gasteiger partial charge on any atom is 0.407 e. The van der Waals surface area contributed by atoms with Gasteiger partial charge in [-0.15, -0.1) is 0 Å². The van der Waals surface area contributed by atoms with Crippen molar-refractivity contribution in [2.45, 2.75) is 32.9 Å². The van der Waals surface area contributed by atoms with E-state index in [9.17, 15) is 9.59 Å². The summed E-state index contributed by atoms with van der Waals surface area (Å²) in [5.41, 5.74) is 0. The summed E-state index contributed by atoms with van der Waals surface area (Å²) in [5.74, 6) is 0.682. The van der Waals surface area contributed by atoms with Crippen molar-refractivity contribution in [2.75, 3.05) is 7.11 Å². The van der Waals surface area contributed by atoms with Crippen LogP contribution in [0.4, 0.5) is 4.79 Å². The minimum absolute atomic E-state index is 0.254. The van der Waals surface area contributed by atoms with E-state index in [4.69, 9.17) is 4.42 Å². The molecular formula is C13H20N2O4. The van der Waals surface area contributed by atoms with Crippen molar-refractivity contribution >= 4 is 12.0 Å². The average Bonchev–Trinajstić information content (AvgIpc) is 2.87. The number of hydrogen-bond donors (Lipinski definition) is 2. The van der Waals surface area contributed by atoms with E-state index in [-0.39, 0.29) is 11.8 Å². The number of rotatable bonds is 6. The summed E-state index contributed by atoms with van der Waals surface area (Å²) >= 11 is 0. The number of methoxy groups -OCH3 is 1. The molecule has 106 valence electrons. The maximum atomic E-state index is 12.0. The number of furan rings is 1. The fourth-order valence-electron chi connectivity index (χ4n) is 1.61. The van der Waals surface area contributed by atoms with Gasteiger partial charge in [0.15, 0.2) is 0 Å². The molecule has 6 nitrogen and oxygen atoms in total. The lowest BCUT2D eigenvalue weighted by Crippen LogP contribution is -2.47. The highest BCUT2D eigenvalue weighted by Crippen LogP contribution is 2.06. The van der Waals surface area contributed by atoms with Crippen LogP contribution >= 0.6 is 0 Å². The van der Waals surface area contributed by atoms with Crippen LogP contribution in [0.1, 0.15) is 26.0 Å². The molecule has 0 aromatic carbocycles. The molecule has 2 amide bonds. The SMILES string of the molecule is COC(=O)N[C@@H](CC(C)C)C(=O)NCc1ccco1. The molecule has 0 radical (unpaired) electrons. The largest absolute Gasteiger partial charge is 0.467 e. The Bertz CT molecular complexity index is 401. The van der Waals surface area contributed by atoms with Gasteiger partial charge in [-0.25, -0.2) is 4.79 Å². The van der Waals surface area contributed by atoms with Crippen LogP contribution in [0, 0.1) is 5.92 Å². The molecule has 0 bridgehead atoms. The van der Waals surface area contributed by atoms with Crippen LogP contribution in [0.2, 0.25) is 0 Å². The molecule has 0 saturated heterocycles. The summed E-state index contributed by atoms with van der Waals surface area (Å²) in [6.07, 6.45) is 1.47. The summed E-state index contributed by atoms with van der Waals surface area (Å²) in [7, 11) is 1.27. The Kier molecular flexibility index (Phi) is 5.92. The molecular weight excluding hydrogens is 248 g/mol. The lowest BCUT2D eigenvalue weighted by Gasteiger charge is -2.19. The highest BCUT2D eigenvalue weighted by Gasteiger charge is 2.22. The van der Waals surface area contributed by atoms with Gasteiger partial charge >= 0.3 is 6.09 Å². The molecule has 0 fully saturated rings. The van der Waals surface area contributed by atoms with E-state index in [1.807, 2.05) is 13.8 Å². The van der Waals surface area contributed by atoms with Crippen LogP contribution in [0.15, 0.2) is 22.8 Å². The monoisotopic (exact) mass is 268 g/mol. The molecule has 0 unspecified atom stereocenters. The Morgan fingerprint density at radius 1 is 1.42 bits per heavy atom. The lowest BCUT2D eigenvalue weighted by molar-refractivity contribution is -0.123. The second-order valence-corrected chi connectivity index (χ2v) is 4.62. The molecule has 0 aliphatic rings. The van der Waals surface area contributed by atoms with Crippen molar-refractivity contribution < 1.29 is 18.7 Å². The minimum atomic E-state index is -0.612. The van der Waals surface area contributed by atoms with E-state index >= 15 is 0 Å². The zero-order valence-corrected chi connectivity index (χ0v) is 11.4. The molecule has 0 aliphatic carbocycles. The van der Waals surface area contributed by atoms with Crippen LogP contribution in [0.25, 0.3) is 0 Å². The summed E-state index contributed by atoms with van der Waals surface area (Å²) < 4.78 is 9.63. The van der Waals surface area contributed by atoms with E-state index in [0.29, 0.717) is 18.7 Å². The van der Waals surface area contributed by atoms with Crippen molar-refractivity contribution in [2.24, 2.45) is 5.92 Å². The minimum Gasteiger partial charge on any atom is -0.467 e. The topological polar surface area (TPSA) is 80.6 Å². The van der Waals surface area contributed by atoms with Gasteiger partial charge in [0.2, 0.25) is 5.91 Å². The van der Waals surface area contributed by atoms with Crippen LogP contribution in [-0.4, -0.2) is 25.2 Å². The molecule has 0 saturated carbocycles. The number of alkyl carbamates (subject to hydrolysis) is 1. The van der Waals surface area contributed by atoms with Crippen LogP contribution in [0.3, 0.4) is 0 Å². The third-order valence-electron chi connectivity index (χ3n) is 2.52. The Morgan fingerprint density at radius 2 is 2.16 bits per heavy atom. The summed E-state index contributed by atoms with van der Waals surface area (Å²) in [5, 5.41) is 5.24. The quantitative estimate of drug-likeness (QED) is 0.822. The fourth-order valence-corrected chi connectivity index (χ4v) is 1.61. The second kappa shape index (κ2) is 7.45. The summed E-state index contributed by atoms with van der Waals surface area (Å²) in [4.78, 5) is 23.2. The molecule has 19 heavy (non-hydrogen) atoms. The van der Waals surface area contributed by atoms with Crippen molar-refractivity contribution in [1.82, 2.24) is 10.6 Å². The van der Waals surface area contributed by atoms with E-state index in [1.165, 1.54) is 7.11 Å². The number of ether oxygens (including phenoxy) is 1. The first kappa shape index (κ1) is 15.1. The summed E-state index contributed by atoms with van der Waals surface area (Å²) in [6.45, 7) is 4.25. The van der Waals surface area contributed by atoms with E-state index in [1.54, 1.807) is 18.4 Å². The molecule has 1 aromatic heterocycles. The van der Waals surface area contributed by atoms with E-state index in [0.717, 1.165) is 0 Å². The Morgan fingerprint density at radius 3 is 2.68 bits per heavy atom. The maximum absolute atomic E-state index is 12.0. The number of nitrogens with one attached hydrogen (secondary N) is 2. The fraction of sp³-hybridized carbons (Fsp3) is 0.538. The van der Waals surface area contributed by atoms with Crippen LogP contribution < -0.4 is 10.6 Å². The van der Waals surface area contributed by atoms with Gasteiger partial charge in [-0.3, -0.25) is 4.79 Å². The molecule has 1 heterocycles. The van der Waals surface area contributed by atoms with Gasteiger partial charge in [-0.2, -0.15) is 0 Å². The molecule has 1 rings (SSSR count). The molecule has 0 spiro atoms.